The van der Waals surface area contributed by atoms with Gasteiger partial charge in [0.15, 0.2) is 0 Å². The highest BCUT2D eigenvalue weighted by Crippen LogP contribution is 2.12. The van der Waals surface area contributed by atoms with Crippen LogP contribution in [0.5, 0.6) is 0 Å². The fraction of sp³-hybridized carbons (Fsp3) is 0.538. The average Bonchev–Trinajstić information content (AvgIpc) is 2.28. The van der Waals surface area contributed by atoms with E-state index in [0.717, 1.165) is 31.6 Å². The second-order valence-corrected chi connectivity index (χ2v) is 3.92. The summed E-state index contributed by atoms with van der Waals surface area (Å²) in [6, 6.07) is 6.71. The smallest absolute Gasteiger partial charge is 0.123 e. The highest BCUT2D eigenvalue weighted by atomic mass is 19.1. The van der Waals surface area contributed by atoms with Crippen LogP contribution in [0.3, 0.4) is 0 Å². The van der Waals surface area contributed by atoms with E-state index in [1.54, 1.807) is 12.1 Å². The van der Waals surface area contributed by atoms with E-state index in [1.807, 2.05) is 13.0 Å². The van der Waals surface area contributed by atoms with Crippen LogP contribution in [-0.4, -0.2) is 19.8 Å². The van der Waals surface area contributed by atoms with Gasteiger partial charge in [-0.15, -0.1) is 0 Å². The van der Waals surface area contributed by atoms with Crippen molar-refractivity contribution in [2.75, 3.05) is 19.8 Å². The summed E-state index contributed by atoms with van der Waals surface area (Å²) in [6.07, 6.45) is 1.75. The van der Waals surface area contributed by atoms with Crippen LogP contribution in [0, 0.1) is 11.7 Å². The van der Waals surface area contributed by atoms with Gasteiger partial charge in [-0.3, -0.25) is 0 Å². The Kier molecular flexibility index (Phi) is 6.04. The first kappa shape index (κ1) is 13.1. The maximum absolute atomic E-state index is 13.0. The molecule has 2 N–H and O–H groups in total. The topological polar surface area (TPSA) is 35.2 Å². The fourth-order valence-electron chi connectivity index (χ4n) is 1.69. The SMILES string of the molecule is CCOCCC(CN)Cc1cccc(F)c1. The van der Waals surface area contributed by atoms with Crippen molar-refractivity contribution >= 4 is 0 Å². The lowest BCUT2D eigenvalue weighted by Crippen LogP contribution is -2.19. The molecule has 0 aliphatic rings. The number of halogens is 1. The lowest BCUT2D eigenvalue weighted by atomic mass is 9.96. The van der Waals surface area contributed by atoms with Gasteiger partial charge in [-0.05, 0) is 49.9 Å². The minimum atomic E-state index is -0.182. The van der Waals surface area contributed by atoms with E-state index in [1.165, 1.54) is 6.07 Å². The zero-order valence-electron chi connectivity index (χ0n) is 9.79. The van der Waals surface area contributed by atoms with Crippen molar-refractivity contribution in [1.82, 2.24) is 0 Å². The number of hydrogen-bond donors (Lipinski definition) is 1. The molecule has 0 aliphatic carbocycles. The molecule has 0 saturated heterocycles. The van der Waals surface area contributed by atoms with Gasteiger partial charge in [0.2, 0.25) is 0 Å². The van der Waals surface area contributed by atoms with E-state index >= 15 is 0 Å². The molecule has 90 valence electrons. The third-order valence-corrected chi connectivity index (χ3v) is 2.62. The summed E-state index contributed by atoms with van der Waals surface area (Å²) >= 11 is 0. The van der Waals surface area contributed by atoms with Gasteiger partial charge >= 0.3 is 0 Å². The number of benzene rings is 1. The maximum Gasteiger partial charge on any atom is 0.123 e. The molecule has 2 nitrogen and oxygen atoms in total. The van der Waals surface area contributed by atoms with Crippen molar-refractivity contribution in [3.8, 4) is 0 Å². The van der Waals surface area contributed by atoms with Crippen LogP contribution >= 0.6 is 0 Å². The quantitative estimate of drug-likeness (QED) is 0.723. The Balaban J connectivity index is 2.43. The summed E-state index contributed by atoms with van der Waals surface area (Å²) in [4.78, 5) is 0. The van der Waals surface area contributed by atoms with Gasteiger partial charge in [0, 0.05) is 13.2 Å². The van der Waals surface area contributed by atoms with E-state index in [4.69, 9.17) is 10.5 Å². The summed E-state index contributed by atoms with van der Waals surface area (Å²) < 4.78 is 18.3. The Morgan fingerprint density at radius 2 is 2.25 bits per heavy atom. The number of ether oxygens (including phenoxy) is 1. The first-order valence-electron chi connectivity index (χ1n) is 5.78. The Bertz CT molecular complexity index is 304. The van der Waals surface area contributed by atoms with Crippen LogP contribution in [0.25, 0.3) is 0 Å². The monoisotopic (exact) mass is 225 g/mol. The van der Waals surface area contributed by atoms with E-state index in [0.29, 0.717) is 12.5 Å². The van der Waals surface area contributed by atoms with E-state index in [-0.39, 0.29) is 5.82 Å². The van der Waals surface area contributed by atoms with E-state index < -0.39 is 0 Å². The van der Waals surface area contributed by atoms with Gasteiger partial charge in [0.1, 0.15) is 5.82 Å². The molecule has 0 bridgehead atoms. The van der Waals surface area contributed by atoms with Crippen LogP contribution in [0.2, 0.25) is 0 Å². The Morgan fingerprint density at radius 3 is 2.88 bits per heavy atom. The van der Waals surface area contributed by atoms with Gasteiger partial charge in [0.05, 0.1) is 0 Å². The molecular formula is C13H20FNO. The summed E-state index contributed by atoms with van der Waals surface area (Å²) in [5.74, 6) is 0.187. The highest BCUT2D eigenvalue weighted by molar-refractivity contribution is 5.16. The maximum atomic E-state index is 13.0. The molecule has 0 aromatic heterocycles. The molecule has 1 aromatic rings. The Labute approximate surface area is 96.6 Å². The molecule has 1 rings (SSSR count). The highest BCUT2D eigenvalue weighted by Gasteiger charge is 2.08. The lowest BCUT2D eigenvalue weighted by molar-refractivity contribution is 0.133. The summed E-state index contributed by atoms with van der Waals surface area (Å²) in [7, 11) is 0. The van der Waals surface area contributed by atoms with E-state index in [9.17, 15) is 4.39 Å². The minimum absolute atomic E-state index is 0.182. The number of nitrogens with two attached hydrogens (primary N) is 1. The molecule has 0 radical (unpaired) electrons. The fourth-order valence-corrected chi connectivity index (χ4v) is 1.69. The molecule has 1 aromatic carbocycles. The first-order valence-corrected chi connectivity index (χ1v) is 5.78. The van der Waals surface area contributed by atoms with Gasteiger partial charge in [0.25, 0.3) is 0 Å². The van der Waals surface area contributed by atoms with E-state index in [2.05, 4.69) is 0 Å². The number of hydrogen-bond acceptors (Lipinski definition) is 2. The third-order valence-electron chi connectivity index (χ3n) is 2.62. The van der Waals surface area contributed by atoms with Crippen molar-refractivity contribution < 1.29 is 9.13 Å². The Morgan fingerprint density at radius 1 is 1.44 bits per heavy atom. The van der Waals surface area contributed by atoms with Crippen LogP contribution < -0.4 is 5.73 Å². The molecule has 0 spiro atoms. The van der Waals surface area contributed by atoms with Crippen LogP contribution in [0.4, 0.5) is 4.39 Å². The molecule has 3 heteroatoms. The van der Waals surface area contributed by atoms with Crippen LogP contribution in [0.1, 0.15) is 18.9 Å². The minimum Gasteiger partial charge on any atom is -0.382 e. The number of rotatable bonds is 7. The molecule has 0 saturated carbocycles. The molecule has 1 atom stereocenters. The zero-order chi connectivity index (χ0) is 11.8. The largest absolute Gasteiger partial charge is 0.382 e. The lowest BCUT2D eigenvalue weighted by Gasteiger charge is -2.14. The average molecular weight is 225 g/mol. The van der Waals surface area contributed by atoms with Crippen molar-refractivity contribution in [3.63, 3.8) is 0 Å². The predicted octanol–water partition coefficient (Wildman–Crippen LogP) is 2.37. The normalized spacial score (nSPS) is 12.7. The third kappa shape index (κ3) is 4.73. The molecule has 0 amide bonds. The van der Waals surface area contributed by atoms with Gasteiger partial charge in [-0.2, -0.15) is 0 Å². The summed E-state index contributed by atoms with van der Waals surface area (Å²) in [5, 5.41) is 0. The molecule has 0 fully saturated rings. The predicted molar refractivity (Wildman–Crippen MR) is 63.8 cm³/mol. The van der Waals surface area contributed by atoms with Crippen LogP contribution in [-0.2, 0) is 11.2 Å². The first-order chi connectivity index (χ1) is 7.76. The second kappa shape index (κ2) is 7.36. The van der Waals surface area contributed by atoms with Gasteiger partial charge in [-0.25, -0.2) is 4.39 Å². The second-order valence-electron chi connectivity index (χ2n) is 3.92. The standard InChI is InChI=1S/C13H20FNO/c1-2-16-7-6-12(10-15)8-11-4-3-5-13(14)9-11/h3-5,9,12H,2,6-8,10,15H2,1H3. The molecule has 1 unspecified atom stereocenters. The van der Waals surface area contributed by atoms with Crippen molar-refractivity contribution in [3.05, 3.63) is 35.6 Å². The molecule has 0 aliphatic heterocycles. The molecular weight excluding hydrogens is 205 g/mol. The molecule has 0 heterocycles. The summed E-state index contributed by atoms with van der Waals surface area (Å²) in [5.41, 5.74) is 6.70. The van der Waals surface area contributed by atoms with Crippen molar-refractivity contribution in [2.45, 2.75) is 19.8 Å². The van der Waals surface area contributed by atoms with Crippen molar-refractivity contribution in [1.29, 1.82) is 0 Å². The molecule has 16 heavy (non-hydrogen) atoms. The Hall–Kier alpha value is -0.930. The van der Waals surface area contributed by atoms with Crippen LogP contribution in [0.15, 0.2) is 24.3 Å². The zero-order valence-corrected chi connectivity index (χ0v) is 9.79. The van der Waals surface area contributed by atoms with Gasteiger partial charge < -0.3 is 10.5 Å². The van der Waals surface area contributed by atoms with Gasteiger partial charge in [-0.1, -0.05) is 12.1 Å². The summed E-state index contributed by atoms with van der Waals surface area (Å²) in [6.45, 7) is 4.05. The van der Waals surface area contributed by atoms with Crippen molar-refractivity contribution in [2.24, 2.45) is 11.7 Å².